The van der Waals surface area contributed by atoms with Crippen LogP contribution >= 0.6 is 22.9 Å². The van der Waals surface area contributed by atoms with E-state index in [0.717, 1.165) is 29.3 Å². The van der Waals surface area contributed by atoms with Crippen LogP contribution in [0, 0.1) is 5.92 Å². The summed E-state index contributed by atoms with van der Waals surface area (Å²) in [6, 6.07) is 5.51. The van der Waals surface area contributed by atoms with E-state index in [1.165, 1.54) is 11.3 Å². The van der Waals surface area contributed by atoms with E-state index in [1.807, 2.05) is 12.1 Å². The number of thiophene rings is 1. The summed E-state index contributed by atoms with van der Waals surface area (Å²) in [5, 5.41) is 14.0. The highest BCUT2D eigenvalue weighted by Gasteiger charge is 2.26. The van der Waals surface area contributed by atoms with Gasteiger partial charge in [-0.05, 0) is 25.0 Å². The smallest absolute Gasteiger partial charge is 0.263 e. The molecule has 6 heteroatoms. The van der Waals surface area contributed by atoms with Gasteiger partial charge in [-0.25, -0.2) is 0 Å². The quantitative estimate of drug-likeness (QED) is 0.812. The van der Waals surface area contributed by atoms with E-state index in [2.05, 4.69) is 5.32 Å². The van der Waals surface area contributed by atoms with Gasteiger partial charge >= 0.3 is 0 Å². The Bertz CT molecular complexity index is 686. The second-order valence-corrected chi connectivity index (χ2v) is 6.89. The average Bonchev–Trinajstić information content (AvgIpc) is 3.01. The molecule has 2 atom stereocenters. The van der Waals surface area contributed by atoms with Crippen LogP contribution in [-0.2, 0) is 0 Å². The molecule has 4 N–H and O–H groups in total. The number of benzene rings is 1. The summed E-state index contributed by atoms with van der Waals surface area (Å²) in [6.07, 6.45) is 2.48. The van der Waals surface area contributed by atoms with Crippen molar-refractivity contribution in [2.75, 3.05) is 12.3 Å². The van der Waals surface area contributed by atoms with Gasteiger partial charge in [-0.1, -0.05) is 24.1 Å². The number of carbonyl (C=O) groups is 1. The number of nitrogen functional groups attached to an aromatic ring is 1. The number of hydrogen-bond donors (Lipinski definition) is 3. The lowest BCUT2D eigenvalue weighted by molar-refractivity contribution is 0.0921. The highest BCUT2D eigenvalue weighted by Crippen LogP contribution is 2.38. The van der Waals surface area contributed by atoms with Crippen molar-refractivity contribution in [3.8, 4) is 0 Å². The van der Waals surface area contributed by atoms with Crippen LogP contribution in [0.5, 0.6) is 0 Å². The summed E-state index contributed by atoms with van der Waals surface area (Å²) < 4.78 is 0.908. The molecule has 4 nitrogen and oxygen atoms in total. The lowest BCUT2D eigenvalue weighted by Gasteiger charge is -2.14. The highest BCUT2D eigenvalue weighted by molar-refractivity contribution is 7.21. The molecule has 0 saturated heterocycles. The van der Waals surface area contributed by atoms with Crippen molar-refractivity contribution in [1.82, 2.24) is 5.32 Å². The minimum Gasteiger partial charge on any atom is -0.397 e. The van der Waals surface area contributed by atoms with Gasteiger partial charge in [-0.3, -0.25) is 4.79 Å². The molecule has 0 bridgehead atoms. The summed E-state index contributed by atoms with van der Waals surface area (Å²) >= 11 is 7.49. The molecule has 112 valence electrons. The fraction of sp³-hybridized carbons (Fsp3) is 0.400. The number of nitrogens with two attached hydrogens (primary N) is 1. The van der Waals surface area contributed by atoms with Crippen molar-refractivity contribution in [1.29, 1.82) is 0 Å². The van der Waals surface area contributed by atoms with Gasteiger partial charge in [-0.2, -0.15) is 0 Å². The number of nitrogens with one attached hydrogen (secondary N) is 1. The lowest BCUT2D eigenvalue weighted by atomic mass is 10.1. The maximum absolute atomic E-state index is 12.3. The SMILES string of the molecule is Nc1c(C(=O)NCC2CCCC2O)sc2cccc(Cl)c12. The van der Waals surface area contributed by atoms with E-state index in [-0.39, 0.29) is 17.9 Å². The maximum Gasteiger partial charge on any atom is 0.263 e. The molecule has 1 aliphatic carbocycles. The molecular weight excluding hydrogens is 308 g/mol. The largest absolute Gasteiger partial charge is 0.397 e. The number of hydrogen-bond acceptors (Lipinski definition) is 4. The summed E-state index contributed by atoms with van der Waals surface area (Å²) in [4.78, 5) is 12.8. The minimum absolute atomic E-state index is 0.146. The Morgan fingerprint density at radius 2 is 2.29 bits per heavy atom. The number of aliphatic hydroxyl groups excluding tert-OH is 1. The molecule has 1 aliphatic rings. The number of fused-ring (bicyclic) bond motifs is 1. The zero-order valence-electron chi connectivity index (χ0n) is 11.4. The molecule has 0 radical (unpaired) electrons. The van der Waals surface area contributed by atoms with Gasteiger partial charge in [0.25, 0.3) is 5.91 Å². The van der Waals surface area contributed by atoms with Gasteiger partial charge in [0.15, 0.2) is 0 Å². The third-order valence-corrected chi connectivity index (χ3v) is 5.54. The molecule has 0 spiro atoms. The van der Waals surface area contributed by atoms with E-state index in [0.29, 0.717) is 22.1 Å². The molecule has 2 unspecified atom stereocenters. The van der Waals surface area contributed by atoms with Crippen molar-refractivity contribution in [3.05, 3.63) is 28.1 Å². The van der Waals surface area contributed by atoms with Crippen LogP contribution in [0.3, 0.4) is 0 Å². The summed E-state index contributed by atoms with van der Waals surface area (Å²) in [6.45, 7) is 0.488. The molecule has 1 aromatic carbocycles. The Morgan fingerprint density at radius 3 is 2.95 bits per heavy atom. The van der Waals surface area contributed by atoms with Crippen molar-refractivity contribution in [3.63, 3.8) is 0 Å². The molecule has 21 heavy (non-hydrogen) atoms. The predicted molar refractivity (Wildman–Crippen MR) is 86.9 cm³/mol. The molecule has 3 rings (SSSR count). The highest BCUT2D eigenvalue weighted by atomic mass is 35.5. The molecule has 1 heterocycles. The molecule has 1 fully saturated rings. The average molecular weight is 325 g/mol. The van der Waals surface area contributed by atoms with Crippen molar-refractivity contribution in [2.45, 2.75) is 25.4 Å². The summed E-state index contributed by atoms with van der Waals surface area (Å²) in [5.74, 6) is -0.0444. The Hall–Kier alpha value is -1.30. The van der Waals surface area contributed by atoms with Gasteiger partial charge in [0.2, 0.25) is 0 Å². The van der Waals surface area contributed by atoms with E-state index in [1.54, 1.807) is 6.07 Å². The number of aliphatic hydroxyl groups is 1. The van der Waals surface area contributed by atoms with Gasteiger partial charge in [0.1, 0.15) is 4.88 Å². The van der Waals surface area contributed by atoms with E-state index < -0.39 is 0 Å². The molecule has 1 aromatic heterocycles. The Morgan fingerprint density at radius 1 is 1.48 bits per heavy atom. The van der Waals surface area contributed by atoms with Crippen LogP contribution in [-0.4, -0.2) is 23.7 Å². The van der Waals surface area contributed by atoms with Crippen molar-refractivity contribution >= 4 is 44.6 Å². The number of halogens is 1. The number of anilines is 1. The zero-order valence-corrected chi connectivity index (χ0v) is 13.0. The fourth-order valence-corrected chi connectivity index (χ4v) is 4.26. The first-order chi connectivity index (χ1) is 10.1. The van der Waals surface area contributed by atoms with Crippen LogP contribution in [0.15, 0.2) is 18.2 Å². The lowest BCUT2D eigenvalue weighted by Crippen LogP contribution is -2.32. The predicted octanol–water partition coefficient (Wildman–Crippen LogP) is 3.03. The number of carbonyl (C=O) groups excluding carboxylic acids is 1. The molecule has 1 saturated carbocycles. The minimum atomic E-state index is -0.306. The van der Waals surface area contributed by atoms with Crippen LogP contribution in [0.4, 0.5) is 5.69 Å². The monoisotopic (exact) mass is 324 g/mol. The fourth-order valence-electron chi connectivity index (χ4n) is 2.86. The Labute approximate surface area is 131 Å². The van der Waals surface area contributed by atoms with Crippen LogP contribution in [0.1, 0.15) is 28.9 Å². The zero-order chi connectivity index (χ0) is 15.0. The topological polar surface area (TPSA) is 75.4 Å². The molecule has 0 aliphatic heterocycles. The third-order valence-electron chi connectivity index (χ3n) is 4.05. The first kappa shape index (κ1) is 14.6. The van der Waals surface area contributed by atoms with Gasteiger partial charge in [0.05, 0.1) is 16.8 Å². The second kappa shape index (κ2) is 5.83. The van der Waals surface area contributed by atoms with Gasteiger partial charge < -0.3 is 16.2 Å². The third kappa shape index (κ3) is 2.73. The van der Waals surface area contributed by atoms with E-state index in [9.17, 15) is 9.90 Å². The van der Waals surface area contributed by atoms with Crippen LogP contribution in [0.25, 0.3) is 10.1 Å². The molecule has 2 aromatic rings. The Balaban J connectivity index is 1.78. The maximum atomic E-state index is 12.3. The molecular formula is C15H17ClN2O2S. The molecule has 1 amide bonds. The first-order valence-electron chi connectivity index (χ1n) is 7.00. The van der Waals surface area contributed by atoms with E-state index in [4.69, 9.17) is 17.3 Å². The summed E-state index contributed by atoms with van der Waals surface area (Å²) in [7, 11) is 0. The van der Waals surface area contributed by atoms with Gasteiger partial charge in [-0.15, -0.1) is 11.3 Å². The van der Waals surface area contributed by atoms with Gasteiger partial charge in [0, 0.05) is 22.5 Å². The van der Waals surface area contributed by atoms with Crippen LogP contribution < -0.4 is 11.1 Å². The standard InChI is InChI=1S/C15H17ClN2O2S/c16-9-4-2-6-11-12(9)13(17)14(21-11)15(20)18-7-8-3-1-5-10(8)19/h2,4,6,8,10,19H,1,3,5,7,17H2,(H,18,20). The first-order valence-corrected chi connectivity index (χ1v) is 8.20. The van der Waals surface area contributed by atoms with Crippen LogP contribution in [0.2, 0.25) is 5.02 Å². The van der Waals surface area contributed by atoms with Crippen molar-refractivity contribution < 1.29 is 9.90 Å². The number of amides is 1. The second-order valence-electron chi connectivity index (χ2n) is 5.43. The summed E-state index contributed by atoms with van der Waals surface area (Å²) in [5.41, 5.74) is 6.50. The number of rotatable bonds is 3. The normalized spacial score (nSPS) is 21.8. The Kier molecular flexibility index (Phi) is 4.06. The van der Waals surface area contributed by atoms with E-state index >= 15 is 0 Å². The van der Waals surface area contributed by atoms with Crippen molar-refractivity contribution in [2.24, 2.45) is 5.92 Å².